The van der Waals surface area contributed by atoms with Crippen molar-refractivity contribution in [3.63, 3.8) is 0 Å². The lowest BCUT2D eigenvalue weighted by Gasteiger charge is -2.17. The number of aryl methyl sites for hydroxylation is 2. The number of hydrogen-bond donors (Lipinski definition) is 1. The normalized spacial score (nSPS) is 16.6. The molecule has 0 spiro atoms. The molecule has 134 valence electrons. The number of amides is 2. The molecule has 2 aromatic carbocycles. The number of benzene rings is 2. The van der Waals surface area contributed by atoms with Gasteiger partial charge in [-0.1, -0.05) is 18.2 Å². The monoisotopic (exact) mass is 353 g/mol. The van der Waals surface area contributed by atoms with E-state index in [9.17, 15) is 19.7 Å². The van der Waals surface area contributed by atoms with Crippen LogP contribution in [0.3, 0.4) is 0 Å². The molecular formula is C19H19N3O4. The molecule has 0 unspecified atom stereocenters. The Balaban J connectivity index is 1.76. The van der Waals surface area contributed by atoms with Gasteiger partial charge in [-0.2, -0.15) is 0 Å². The van der Waals surface area contributed by atoms with Gasteiger partial charge < -0.3 is 10.2 Å². The predicted octanol–water partition coefficient (Wildman–Crippen LogP) is 3.20. The Labute approximate surface area is 150 Å². The predicted molar refractivity (Wildman–Crippen MR) is 98.1 cm³/mol. The highest BCUT2D eigenvalue weighted by atomic mass is 16.6. The summed E-state index contributed by atoms with van der Waals surface area (Å²) in [5.74, 6) is -1.07. The highest BCUT2D eigenvalue weighted by Gasteiger charge is 2.35. The van der Waals surface area contributed by atoms with E-state index in [4.69, 9.17) is 0 Å². The number of nitro benzene ring substituents is 1. The van der Waals surface area contributed by atoms with E-state index in [1.807, 2.05) is 31.2 Å². The Morgan fingerprint density at radius 2 is 1.92 bits per heavy atom. The van der Waals surface area contributed by atoms with Crippen molar-refractivity contribution in [1.82, 2.24) is 0 Å². The SMILES string of the molecule is Cc1cccc(N2C[C@@H](C(=O)Nc3ccc(C)cc3[N+](=O)[O-])CC2=O)c1. The molecule has 1 aliphatic heterocycles. The van der Waals surface area contributed by atoms with Crippen molar-refractivity contribution in [3.8, 4) is 0 Å². The molecule has 2 aromatic rings. The highest BCUT2D eigenvalue weighted by molar-refractivity contribution is 6.04. The summed E-state index contributed by atoms with van der Waals surface area (Å²) in [7, 11) is 0. The molecule has 0 aliphatic carbocycles. The van der Waals surface area contributed by atoms with Gasteiger partial charge in [-0.05, 0) is 43.2 Å². The van der Waals surface area contributed by atoms with Gasteiger partial charge >= 0.3 is 0 Å². The first-order chi connectivity index (χ1) is 12.3. The fourth-order valence-corrected chi connectivity index (χ4v) is 3.06. The van der Waals surface area contributed by atoms with Crippen molar-refractivity contribution in [2.24, 2.45) is 5.92 Å². The van der Waals surface area contributed by atoms with Gasteiger partial charge in [0.15, 0.2) is 0 Å². The molecule has 3 rings (SSSR count). The number of carbonyl (C=O) groups excluding carboxylic acids is 2. The van der Waals surface area contributed by atoms with Crippen LogP contribution in [0.2, 0.25) is 0 Å². The summed E-state index contributed by atoms with van der Waals surface area (Å²) < 4.78 is 0. The van der Waals surface area contributed by atoms with E-state index < -0.39 is 10.8 Å². The van der Waals surface area contributed by atoms with E-state index in [0.717, 1.165) is 16.8 Å². The Morgan fingerprint density at radius 3 is 2.62 bits per heavy atom. The lowest BCUT2D eigenvalue weighted by Crippen LogP contribution is -2.28. The van der Waals surface area contributed by atoms with Crippen LogP contribution in [-0.2, 0) is 9.59 Å². The van der Waals surface area contributed by atoms with Gasteiger partial charge in [-0.15, -0.1) is 0 Å². The Hall–Kier alpha value is -3.22. The van der Waals surface area contributed by atoms with Crippen LogP contribution in [0.4, 0.5) is 17.1 Å². The van der Waals surface area contributed by atoms with E-state index in [0.29, 0.717) is 0 Å². The average molecular weight is 353 g/mol. The number of rotatable bonds is 4. The molecule has 0 saturated carbocycles. The van der Waals surface area contributed by atoms with Crippen LogP contribution in [0.25, 0.3) is 0 Å². The van der Waals surface area contributed by atoms with Crippen molar-refractivity contribution in [1.29, 1.82) is 0 Å². The summed E-state index contributed by atoms with van der Waals surface area (Å²) >= 11 is 0. The molecule has 1 aliphatic rings. The molecule has 7 nitrogen and oxygen atoms in total. The zero-order valence-corrected chi connectivity index (χ0v) is 14.6. The number of nitrogens with one attached hydrogen (secondary N) is 1. The van der Waals surface area contributed by atoms with Crippen LogP contribution >= 0.6 is 0 Å². The lowest BCUT2D eigenvalue weighted by atomic mass is 10.1. The topological polar surface area (TPSA) is 92.6 Å². The summed E-state index contributed by atoms with van der Waals surface area (Å²) in [5.41, 5.74) is 2.51. The minimum atomic E-state index is -0.552. The molecule has 1 atom stereocenters. The van der Waals surface area contributed by atoms with Crippen LogP contribution in [0.15, 0.2) is 42.5 Å². The fraction of sp³-hybridized carbons (Fsp3) is 0.263. The Kier molecular flexibility index (Phi) is 4.71. The maximum absolute atomic E-state index is 12.6. The van der Waals surface area contributed by atoms with Crippen LogP contribution in [0.1, 0.15) is 17.5 Å². The van der Waals surface area contributed by atoms with E-state index in [1.165, 1.54) is 12.1 Å². The van der Waals surface area contributed by atoms with Crippen LogP contribution in [0, 0.1) is 29.9 Å². The van der Waals surface area contributed by atoms with Gasteiger partial charge in [0, 0.05) is 24.7 Å². The third kappa shape index (κ3) is 3.56. The zero-order valence-electron chi connectivity index (χ0n) is 14.6. The lowest BCUT2D eigenvalue weighted by molar-refractivity contribution is -0.384. The Morgan fingerprint density at radius 1 is 1.19 bits per heavy atom. The maximum atomic E-state index is 12.6. The number of carbonyl (C=O) groups is 2. The molecule has 1 heterocycles. The fourth-order valence-electron chi connectivity index (χ4n) is 3.06. The van der Waals surface area contributed by atoms with Gasteiger partial charge in [0.1, 0.15) is 5.69 Å². The van der Waals surface area contributed by atoms with Crippen molar-refractivity contribution in [3.05, 3.63) is 63.7 Å². The largest absolute Gasteiger partial charge is 0.320 e. The quantitative estimate of drug-likeness (QED) is 0.675. The van der Waals surface area contributed by atoms with E-state index >= 15 is 0 Å². The minimum Gasteiger partial charge on any atom is -0.320 e. The van der Waals surface area contributed by atoms with Gasteiger partial charge in [0.2, 0.25) is 11.8 Å². The summed E-state index contributed by atoms with van der Waals surface area (Å²) in [6.07, 6.45) is 0.0828. The first kappa shape index (κ1) is 17.6. The summed E-state index contributed by atoms with van der Waals surface area (Å²) in [6, 6.07) is 12.1. The van der Waals surface area contributed by atoms with E-state index in [2.05, 4.69) is 5.32 Å². The second-order valence-corrected chi connectivity index (χ2v) is 6.51. The van der Waals surface area contributed by atoms with Crippen LogP contribution in [-0.4, -0.2) is 23.3 Å². The van der Waals surface area contributed by atoms with Crippen LogP contribution in [0.5, 0.6) is 0 Å². The third-order valence-corrected chi connectivity index (χ3v) is 4.42. The molecule has 1 saturated heterocycles. The second kappa shape index (κ2) is 6.95. The standard InChI is InChI=1S/C19H19N3O4/c1-12-4-3-5-15(8-12)21-11-14(10-18(21)23)19(24)20-16-7-6-13(2)9-17(16)22(25)26/h3-9,14H,10-11H2,1-2H3,(H,20,24)/t14-/m0/s1. The molecule has 0 radical (unpaired) electrons. The van der Waals surface area contributed by atoms with Crippen LogP contribution < -0.4 is 10.2 Å². The number of nitro groups is 1. The number of anilines is 2. The first-order valence-electron chi connectivity index (χ1n) is 8.28. The second-order valence-electron chi connectivity index (χ2n) is 6.51. The van der Waals surface area contributed by atoms with E-state index in [1.54, 1.807) is 17.9 Å². The maximum Gasteiger partial charge on any atom is 0.293 e. The van der Waals surface area contributed by atoms with Gasteiger partial charge in [-0.25, -0.2) is 0 Å². The molecular weight excluding hydrogens is 334 g/mol. The van der Waals surface area contributed by atoms with Crippen molar-refractivity contribution >= 4 is 28.9 Å². The summed E-state index contributed by atoms with van der Waals surface area (Å²) in [5, 5.41) is 13.8. The molecule has 1 fully saturated rings. The van der Waals surface area contributed by atoms with Gasteiger partial charge in [0.25, 0.3) is 5.69 Å². The number of hydrogen-bond acceptors (Lipinski definition) is 4. The molecule has 2 amide bonds. The Bertz CT molecular complexity index is 894. The molecule has 7 heteroatoms. The summed E-state index contributed by atoms with van der Waals surface area (Å²) in [4.78, 5) is 37.1. The van der Waals surface area contributed by atoms with Crippen molar-refractivity contribution in [2.45, 2.75) is 20.3 Å². The third-order valence-electron chi connectivity index (χ3n) is 4.42. The zero-order chi connectivity index (χ0) is 18.8. The minimum absolute atomic E-state index is 0.0828. The molecule has 26 heavy (non-hydrogen) atoms. The van der Waals surface area contributed by atoms with E-state index in [-0.39, 0.29) is 36.2 Å². The average Bonchev–Trinajstić information content (AvgIpc) is 2.98. The molecule has 0 aromatic heterocycles. The van der Waals surface area contributed by atoms with Gasteiger partial charge in [0.05, 0.1) is 10.8 Å². The highest BCUT2D eigenvalue weighted by Crippen LogP contribution is 2.29. The molecule has 1 N–H and O–H groups in total. The summed E-state index contributed by atoms with van der Waals surface area (Å²) in [6.45, 7) is 3.94. The first-order valence-corrected chi connectivity index (χ1v) is 8.28. The number of nitrogens with zero attached hydrogens (tertiary/aromatic N) is 2. The van der Waals surface area contributed by atoms with Crippen molar-refractivity contribution < 1.29 is 14.5 Å². The van der Waals surface area contributed by atoms with Crippen molar-refractivity contribution in [2.75, 3.05) is 16.8 Å². The van der Waals surface area contributed by atoms with Gasteiger partial charge in [-0.3, -0.25) is 19.7 Å². The molecule has 0 bridgehead atoms. The smallest absolute Gasteiger partial charge is 0.293 e.